The van der Waals surface area contributed by atoms with Gasteiger partial charge in [-0.2, -0.15) is 0 Å². The molecule has 0 N–H and O–H groups in total. The fourth-order valence-corrected chi connectivity index (χ4v) is 3.07. The number of hydrogen-bond acceptors (Lipinski definition) is 1. The minimum Gasteiger partial charge on any atom is -0.489 e. The Bertz CT molecular complexity index is 632. The third kappa shape index (κ3) is 3.52. The fraction of sp³-hybridized carbons (Fsp3) is 0.429. The van der Waals surface area contributed by atoms with Crippen LogP contribution < -0.4 is 4.74 Å². The van der Waals surface area contributed by atoms with Crippen LogP contribution in [0.2, 0.25) is 0 Å². The number of rotatable bonds is 3. The summed E-state index contributed by atoms with van der Waals surface area (Å²) in [7, 11) is 0. The first-order valence-electron chi connectivity index (χ1n) is 8.36. The van der Waals surface area contributed by atoms with Gasteiger partial charge in [0.1, 0.15) is 12.4 Å². The minimum atomic E-state index is 0.206. The maximum Gasteiger partial charge on any atom is 0.120 e. The van der Waals surface area contributed by atoms with Gasteiger partial charge in [-0.25, -0.2) is 0 Å². The molecule has 2 aromatic carbocycles. The summed E-state index contributed by atoms with van der Waals surface area (Å²) in [6.45, 7) is 7.37. The lowest BCUT2D eigenvalue weighted by Crippen LogP contribution is -2.10. The number of benzene rings is 2. The van der Waals surface area contributed by atoms with E-state index in [0.29, 0.717) is 6.61 Å². The summed E-state index contributed by atoms with van der Waals surface area (Å²) in [5, 5.41) is 0. The van der Waals surface area contributed by atoms with Gasteiger partial charge in [0.2, 0.25) is 0 Å². The molecule has 0 aromatic heterocycles. The predicted molar refractivity (Wildman–Crippen MR) is 92.6 cm³/mol. The molecular formula is C21H26O. The zero-order valence-electron chi connectivity index (χ0n) is 14.0. The molecule has 1 aliphatic carbocycles. The molecule has 0 aliphatic heterocycles. The summed E-state index contributed by atoms with van der Waals surface area (Å²) in [5.41, 5.74) is 5.79. The third-order valence-electron chi connectivity index (χ3n) is 4.55. The van der Waals surface area contributed by atoms with E-state index in [1.54, 1.807) is 0 Å². The molecule has 116 valence electrons. The van der Waals surface area contributed by atoms with Crippen molar-refractivity contribution in [3.63, 3.8) is 0 Å². The molecular weight excluding hydrogens is 268 g/mol. The van der Waals surface area contributed by atoms with Gasteiger partial charge in [0.25, 0.3) is 0 Å². The van der Waals surface area contributed by atoms with Crippen molar-refractivity contribution in [3.8, 4) is 5.75 Å². The van der Waals surface area contributed by atoms with Gasteiger partial charge in [-0.1, -0.05) is 51.1 Å². The molecule has 1 aliphatic rings. The summed E-state index contributed by atoms with van der Waals surface area (Å²) in [6, 6.07) is 15.4. The Balaban J connectivity index is 1.65. The summed E-state index contributed by atoms with van der Waals surface area (Å²) >= 11 is 0. The topological polar surface area (TPSA) is 9.23 Å². The first-order valence-corrected chi connectivity index (χ1v) is 8.36. The van der Waals surface area contributed by atoms with Gasteiger partial charge in [0.05, 0.1) is 0 Å². The Labute approximate surface area is 134 Å². The van der Waals surface area contributed by atoms with E-state index >= 15 is 0 Å². The number of aryl methyl sites for hydroxylation is 2. The largest absolute Gasteiger partial charge is 0.489 e. The molecule has 0 spiro atoms. The van der Waals surface area contributed by atoms with Crippen LogP contribution in [-0.2, 0) is 24.9 Å². The molecule has 0 heterocycles. The van der Waals surface area contributed by atoms with Crippen molar-refractivity contribution < 1.29 is 4.74 Å². The quantitative estimate of drug-likeness (QED) is 0.732. The summed E-state index contributed by atoms with van der Waals surface area (Å²) in [6.07, 6.45) is 5.06. The first-order chi connectivity index (χ1) is 10.5. The van der Waals surface area contributed by atoms with E-state index in [2.05, 4.69) is 63.2 Å². The zero-order valence-corrected chi connectivity index (χ0v) is 14.0. The Morgan fingerprint density at radius 3 is 2.23 bits per heavy atom. The molecule has 1 heteroatoms. The Morgan fingerprint density at radius 2 is 1.55 bits per heavy atom. The van der Waals surface area contributed by atoms with Crippen LogP contribution in [0.1, 0.15) is 55.9 Å². The van der Waals surface area contributed by atoms with E-state index in [-0.39, 0.29) is 5.41 Å². The lowest BCUT2D eigenvalue weighted by molar-refractivity contribution is 0.305. The van der Waals surface area contributed by atoms with Crippen LogP contribution in [0.15, 0.2) is 42.5 Å². The van der Waals surface area contributed by atoms with Crippen molar-refractivity contribution in [1.29, 1.82) is 0 Å². The second-order valence-electron chi connectivity index (χ2n) is 7.37. The maximum absolute atomic E-state index is 5.98. The van der Waals surface area contributed by atoms with Gasteiger partial charge in [-0.3, -0.25) is 0 Å². The smallest absolute Gasteiger partial charge is 0.120 e. The van der Waals surface area contributed by atoms with Crippen molar-refractivity contribution in [1.82, 2.24) is 0 Å². The maximum atomic E-state index is 5.98. The first kappa shape index (κ1) is 15.1. The lowest BCUT2D eigenvalue weighted by atomic mass is 9.87. The Hall–Kier alpha value is -1.76. The van der Waals surface area contributed by atoms with Crippen LogP contribution in [0.5, 0.6) is 5.75 Å². The molecule has 0 saturated carbocycles. The van der Waals surface area contributed by atoms with Crippen molar-refractivity contribution in [2.45, 2.75) is 58.5 Å². The van der Waals surface area contributed by atoms with Crippen molar-refractivity contribution in [2.75, 3.05) is 0 Å². The van der Waals surface area contributed by atoms with E-state index in [4.69, 9.17) is 4.74 Å². The second kappa shape index (κ2) is 6.16. The molecule has 0 bridgehead atoms. The highest BCUT2D eigenvalue weighted by atomic mass is 16.5. The van der Waals surface area contributed by atoms with Crippen LogP contribution in [0.3, 0.4) is 0 Å². The summed E-state index contributed by atoms with van der Waals surface area (Å²) < 4.78 is 5.98. The zero-order chi connectivity index (χ0) is 15.6. The molecule has 0 amide bonds. The highest BCUT2D eigenvalue weighted by Gasteiger charge is 2.13. The number of hydrogen-bond donors (Lipinski definition) is 0. The molecule has 22 heavy (non-hydrogen) atoms. The molecule has 0 radical (unpaired) electrons. The lowest BCUT2D eigenvalue weighted by Gasteiger charge is -2.19. The van der Waals surface area contributed by atoms with Crippen LogP contribution in [0, 0.1) is 0 Å². The van der Waals surface area contributed by atoms with Crippen molar-refractivity contribution >= 4 is 0 Å². The molecule has 1 nitrogen and oxygen atoms in total. The van der Waals surface area contributed by atoms with Crippen molar-refractivity contribution in [3.05, 3.63) is 64.7 Å². The van der Waals surface area contributed by atoms with E-state index in [1.165, 1.54) is 47.9 Å². The third-order valence-corrected chi connectivity index (χ3v) is 4.55. The van der Waals surface area contributed by atoms with E-state index in [9.17, 15) is 0 Å². The Morgan fingerprint density at radius 1 is 0.864 bits per heavy atom. The SMILES string of the molecule is CC(C)(C)c1ccc(COc2ccc3c(c2)CCCC3)cc1. The standard InChI is InChI=1S/C21H26O/c1-21(2,3)19-11-8-16(9-12-19)15-22-20-13-10-17-6-4-5-7-18(17)14-20/h8-14H,4-7,15H2,1-3H3. The summed E-state index contributed by atoms with van der Waals surface area (Å²) in [4.78, 5) is 0. The number of ether oxygens (including phenoxy) is 1. The normalized spacial score (nSPS) is 14.5. The van der Waals surface area contributed by atoms with Crippen LogP contribution >= 0.6 is 0 Å². The van der Waals surface area contributed by atoms with Gasteiger partial charge >= 0.3 is 0 Å². The number of fused-ring (bicyclic) bond motifs is 1. The van der Waals surface area contributed by atoms with Gasteiger partial charge in [-0.05, 0) is 65.5 Å². The molecule has 0 fully saturated rings. The highest BCUT2D eigenvalue weighted by molar-refractivity contribution is 5.37. The van der Waals surface area contributed by atoms with Crippen molar-refractivity contribution in [2.24, 2.45) is 0 Å². The van der Waals surface area contributed by atoms with Crippen LogP contribution in [0.4, 0.5) is 0 Å². The van der Waals surface area contributed by atoms with E-state index in [0.717, 1.165) is 5.75 Å². The monoisotopic (exact) mass is 294 g/mol. The average Bonchev–Trinajstić information content (AvgIpc) is 2.52. The predicted octanol–water partition coefficient (Wildman–Crippen LogP) is 5.44. The Kier molecular flexibility index (Phi) is 4.24. The highest BCUT2D eigenvalue weighted by Crippen LogP contribution is 2.26. The van der Waals surface area contributed by atoms with Gasteiger partial charge in [-0.15, -0.1) is 0 Å². The average molecular weight is 294 g/mol. The van der Waals surface area contributed by atoms with Gasteiger partial charge in [0, 0.05) is 0 Å². The second-order valence-corrected chi connectivity index (χ2v) is 7.37. The fourth-order valence-electron chi connectivity index (χ4n) is 3.07. The molecule has 0 atom stereocenters. The molecule has 0 saturated heterocycles. The minimum absolute atomic E-state index is 0.206. The molecule has 3 rings (SSSR count). The van der Waals surface area contributed by atoms with Crippen LogP contribution in [0.25, 0.3) is 0 Å². The van der Waals surface area contributed by atoms with Gasteiger partial charge < -0.3 is 4.74 Å². The van der Waals surface area contributed by atoms with E-state index in [1.807, 2.05) is 0 Å². The molecule has 0 unspecified atom stereocenters. The molecule has 2 aromatic rings. The van der Waals surface area contributed by atoms with Crippen LogP contribution in [-0.4, -0.2) is 0 Å². The summed E-state index contributed by atoms with van der Waals surface area (Å²) in [5.74, 6) is 1.00. The van der Waals surface area contributed by atoms with Gasteiger partial charge in [0.15, 0.2) is 0 Å². The van der Waals surface area contributed by atoms with E-state index < -0.39 is 0 Å².